The second kappa shape index (κ2) is 4.55. The number of rotatable bonds is 4. The minimum Gasteiger partial charge on any atom is -0.381 e. The fourth-order valence-electron chi connectivity index (χ4n) is 3.63. The highest BCUT2D eigenvalue weighted by molar-refractivity contribution is 5.13. The number of hydrogen-bond acceptors (Lipinski definition) is 2. The van der Waals surface area contributed by atoms with Crippen LogP contribution in [0.5, 0.6) is 0 Å². The monoisotopic (exact) mass is 239 g/mol. The van der Waals surface area contributed by atoms with Crippen molar-refractivity contribution >= 4 is 0 Å². The molecule has 17 heavy (non-hydrogen) atoms. The summed E-state index contributed by atoms with van der Waals surface area (Å²) in [5.74, 6) is 0.843. The lowest BCUT2D eigenvalue weighted by molar-refractivity contribution is 0.0623. The third-order valence-electron chi connectivity index (χ3n) is 5.94. The van der Waals surface area contributed by atoms with Crippen molar-refractivity contribution in [1.29, 1.82) is 0 Å². The fraction of sp³-hybridized carbons (Fsp3) is 1.00. The summed E-state index contributed by atoms with van der Waals surface area (Å²) in [6.45, 7) is 10.8. The zero-order valence-electron chi connectivity index (χ0n) is 12.2. The van der Waals surface area contributed by atoms with E-state index in [2.05, 4.69) is 33.0 Å². The van der Waals surface area contributed by atoms with Gasteiger partial charge in [-0.3, -0.25) is 0 Å². The van der Waals surface area contributed by atoms with Crippen LogP contribution in [-0.2, 0) is 4.74 Å². The Morgan fingerprint density at radius 3 is 1.94 bits per heavy atom. The molecular weight excluding hydrogens is 210 g/mol. The lowest BCUT2D eigenvalue weighted by Crippen LogP contribution is -2.36. The smallest absolute Gasteiger partial charge is 0.0572 e. The van der Waals surface area contributed by atoms with Crippen LogP contribution >= 0.6 is 0 Å². The van der Waals surface area contributed by atoms with Crippen LogP contribution in [0.2, 0.25) is 0 Å². The molecule has 2 heteroatoms. The van der Waals surface area contributed by atoms with Crippen molar-refractivity contribution in [1.82, 2.24) is 5.32 Å². The molecule has 2 aliphatic carbocycles. The number of nitrogens with one attached hydrogen (secondary N) is 1. The van der Waals surface area contributed by atoms with Crippen LogP contribution in [0.15, 0.2) is 0 Å². The highest BCUT2D eigenvalue weighted by Crippen LogP contribution is 2.67. The maximum Gasteiger partial charge on any atom is 0.0572 e. The van der Waals surface area contributed by atoms with Gasteiger partial charge in [0.1, 0.15) is 0 Å². The topological polar surface area (TPSA) is 21.3 Å². The Balaban J connectivity index is 1.71. The first-order valence-corrected chi connectivity index (χ1v) is 7.15. The predicted octanol–water partition coefficient (Wildman–Crippen LogP) is 3.22. The van der Waals surface area contributed by atoms with E-state index in [-0.39, 0.29) is 0 Å². The molecule has 2 fully saturated rings. The minimum absolute atomic E-state index is 0.516. The fourth-order valence-corrected chi connectivity index (χ4v) is 3.63. The molecule has 0 spiro atoms. The summed E-state index contributed by atoms with van der Waals surface area (Å²) < 4.78 is 5.42. The number of methoxy groups -OCH3 is 1. The van der Waals surface area contributed by atoms with Crippen molar-refractivity contribution in [2.75, 3.05) is 13.7 Å². The Morgan fingerprint density at radius 1 is 1.00 bits per heavy atom. The molecule has 0 aromatic carbocycles. The maximum atomic E-state index is 5.42. The summed E-state index contributed by atoms with van der Waals surface area (Å²) in [6.07, 6.45) is 5.54. The SMILES string of the molecule is COC1CCC(NCC2C(C)(C)C2(C)C)CC1. The Morgan fingerprint density at radius 2 is 1.53 bits per heavy atom. The van der Waals surface area contributed by atoms with Gasteiger partial charge in [-0.2, -0.15) is 0 Å². The van der Waals surface area contributed by atoms with E-state index in [0.29, 0.717) is 16.9 Å². The molecule has 2 saturated carbocycles. The largest absolute Gasteiger partial charge is 0.381 e. The molecule has 2 aliphatic rings. The van der Waals surface area contributed by atoms with E-state index in [1.54, 1.807) is 0 Å². The number of hydrogen-bond donors (Lipinski definition) is 1. The molecule has 0 aliphatic heterocycles. The first-order valence-electron chi connectivity index (χ1n) is 7.15. The lowest BCUT2D eigenvalue weighted by atomic mass is 9.93. The summed E-state index contributed by atoms with van der Waals surface area (Å²) in [6, 6.07) is 0.730. The van der Waals surface area contributed by atoms with Gasteiger partial charge in [-0.05, 0) is 49.0 Å². The van der Waals surface area contributed by atoms with Crippen LogP contribution in [0.1, 0.15) is 53.4 Å². The molecule has 2 nitrogen and oxygen atoms in total. The van der Waals surface area contributed by atoms with Crippen LogP contribution in [0.25, 0.3) is 0 Å². The molecule has 100 valence electrons. The van der Waals surface area contributed by atoms with Gasteiger partial charge in [-0.15, -0.1) is 0 Å². The third kappa shape index (κ3) is 2.39. The summed E-state index contributed by atoms with van der Waals surface area (Å²) >= 11 is 0. The normalized spacial score (nSPS) is 35.8. The van der Waals surface area contributed by atoms with E-state index in [1.807, 2.05) is 7.11 Å². The van der Waals surface area contributed by atoms with Gasteiger partial charge in [0, 0.05) is 13.2 Å². The van der Waals surface area contributed by atoms with Crippen LogP contribution < -0.4 is 5.32 Å². The van der Waals surface area contributed by atoms with Crippen LogP contribution in [0.3, 0.4) is 0 Å². The van der Waals surface area contributed by atoms with Gasteiger partial charge in [0.15, 0.2) is 0 Å². The highest BCUT2D eigenvalue weighted by atomic mass is 16.5. The first kappa shape index (κ1) is 13.4. The van der Waals surface area contributed by atoms with Crippen molar-refractivity contribution in [3.63, 3.8) is 0 Å². The molecule has 0 atom stereocenters. The summed E-state index contributed by atoms with van der Waals surface area (Å²) in [5, 5.41) is 3.78. The standard InChI is InChI=1S/C15H29NO/c1-14(2)13(15(14,3)4)10-16-11-6-8-12(17-5)9-7-11/h11-13,16H,6-10H2,1-5H3. The van der Waals surface area contributed by atoms with Crippen molar-refractivity contribution in [3.05, 3.63) is 0 Å². The minimum atomic E-state index is 0.516. The van der Waals surface area contributed by atoms with Crippen LogP contribution in [0, 0.1) is 16.7 Å². The van der Waals surface area contributed by atoms with Gasteiger partial charge < -0.3 is 10.1 Å². The van der Waals surface area contributed by atoms with Crippen molar-refractivity contribution in [3.8, 4) is 0 Å². The van der Waals surface area contributed by atoms with Crippen molar-refractivity contribution < 1.29 is 4.74 Å². The van der Waals surface area contributed by atoms with Gasteiger partial charge in [-0.25, -0.2) is 0 Å². The molecule has 0 aromatic heterocycles. The van der Waals surface area contributed by atoms with Gasteiger partial charge in [0.05, 0.1) is 6.10 Å². The van der Waals surface area contributed by atoms with Crippen molar-refractivity contribution in [2.45, 2.75) is 65.5 Å². The highest BCUT2D eigenvalue weighted by Gasteiger charge is 2.63. The molecule has 0 bridgehead atoms. The lowest BCUT2D eigenvalue weighted by Gasteiger charge is -2.28. The Kier molecular flexibility index (Phi) is 3.57. The van der Waals surface area contributed by atoms with Gasteiger partial charge in [0.2, 0.25) is 0 Å². The third-order valence-corrected chi connectivity index (χ3v) is 5.94. The Hall–Kier alpha value is -0.0800. The Labute approximate surface area is 107 Å². The zero-order chi connectivity index (χ0) is 12.7. The summed E-state index contributed by atoms with van der Waals surface area (Å²) in [4.78, 5) is 0. The van der Waals surface area contributed by atoms with Gasteiger partial charge in [0.25, 0.3) is 0 Å². The average molecular weight is 239 g/mol. The van der Waals surface area contributed by atoms with E-state index < -0.39 is 0 Å². The quantitative estimate of drug-likeness (QED) is 0.813. The second-order valence-corrected chi connectivity index (χ2v) is 7.11. The second-order valence-electron chi connectivity index (χ2n) is 7.11. The van der Waals surface area contributed by atoms with Crippen LogP contribution in [0.4, 0.5) is 0 Å². The van der Waals surface area contributed by atoms with E-state index in [0.717, 1.165) is 12.0 Å². The molecule has 0 heterocycles. The molecule has 0 amide bonds. The summed E-state index contributed by atoms with van der Waals surface area (Å²) in [7, 11) is 1.84. The molecule has 0 radical (unpaired) electrons. The molecule has 0 aromatic rings. The van der Waals surface area contributed by atoms with E-state index in [1.165, 1.54) is 32.2 Å². The molecule has 0 saturated heterocycles. The average Bonchev–Trinajstić information content (AvgIpc) is 2.68. The van der Waals surface area contributed by atoms with Gasteiger partial charge >= 0.3 is 0 Å². The number of ether oxygens (including phenoxy) is 1. The summed E-state index contributed by atoms with van der Waals surface area (Å²) in [5.41, 5.74) is 1.04. The van der Waals surface area contributed by atoms with Crippen LogP contribution in [-0.4, -0.2) is 25.8 Å². The molecular formula is C15H29NO. The zero-order valence-corrected chi connectivity index (χ0v) is 12.2. The first-order chi connectivity index (χ1) is 7.89. The molecule has 1 N–H and O–H groups in total. The van der Waals surface area contributed by atoms with Gasteiger partial charge in [-0.1, -0.05) is 27.7 Å². The van der Waals surface area contributed by atoms with E-state index in [4.69, 9.17) is 4.74 Å². The molecule has 0 unspecified atom stereocenters. The van der Waals surface area contributed by atoms with Crippen molar-refractivity contribution in [2.24, 2.45) is 16.7 Å². The predicted molar refractivity (Wildman–Crippen MR) is 72.1 cm³/mol. The Bertz CT molecular complexity index is 250. The van der Waals surface area contributed by atoms with E-state index >= 15 is 0 Å². The van der Waals surface area contributed by atoms with E-state index in [9.17, 15) is 0 Å². The molecule has 2 rings (SSSR count). The maximum absolute atomic E-state index is 5.42.